The van der Waals surface area contributed by atoms with Gasteiger partial charge in [0, 0.05) is 23.1 Å². The van der Waals surface area contributed by atoms with Crippen molar-refractivity contribution in [3.63, 3.8) is 0 Å². The molecule has 8 heteroatoms. The van der Waals surface area contributed by atoms with Crippen LogP contribution < -0.4 is 5.32 Å². The SMILES string of the molecule is CCCOC(=O)CC(NC(=O)[C@@H](CC(=O)n1c2ccccc2c2ccccc21)C(C)C)C(=O)CF. The average molecular weight is 483 g/mol. The van der Waals surface area contributed by atoms with E-state index in [-0.39, 0.29) is 24.9 Å². The highest BCUT2D eigenvalue weighted by Crippen LogP contribution is 2.30. The van der Waals surface area contributed by atoms with Gasteiger partial charge in [0.1, 0.15) is 12.7 Å². The summed E-state index contributed by atoms with van der Waals surface area (Å²) in [6.07, 6.45) is 0.0171. The van der Waals surface area contributed by atoms with Crippen molar-refractivity contribution in [1.29, 1.82) is 0 Å². The highest BCUT2D eigenvalue weighted by molar-refractivity contribution is 6.13. The minimum absolute atomic E-state index is 0.122. The first kappa shape index (κ1) is 26.1. The van der Waals surface area contributed by atoms with E-state index in [9.17, 15) is 23.6 Å². The van der Waals surface area contributed by atoms with Crippen LogP contribution in [0.3, 0.4) is 0 Å². The van der Waals surface area contributed by atoms with Crippen molar-refractivity contribution in [3.8, 4) is 0 Å². The second-order valence-electron chi connectivity index (χ2n) is 8.90. The van der Waals surface area contributed by atoms with E-state index >= 15 is 0 Å². The van der Waals surface area contributed by atoms with Crippen LogP contribution in [0.5, 0.6) is 0 Å². The Morgan fingerprint density at radius 1 is 0.943 bits per heavy atom. The molecular weight excluding hydrogens is 451 g/mol. The third-order valence-corrected chi connectivity index (χ3v) is 6.04. The van der Waals surface area contributed by atoms with Crippen molar-refractivity contribution in [2.24, 2.45) is 11.8 Å². The molecule has 0 bridgehead atoms. The Morgan fingerprint density at radius 3 is 2.03 bits per heavy atom. The number of ketones is 1. The van der Waals surface area contributed by atoms with Crippen molar-refractivity contribution in [3.05, 3.63) is 48.5 Å². The van der Waals surface area contributed by atoms with Crippen molar-refractivity contribution < 1.29 is 28.3 Å². The van der Waals surface area contributed by atoms with Gasteiger partial charge in [-0.15, -0.1) is 0 Å². The van der Waals surface area contributed by atoms with Crippen LogP contribution in [0.25, 0.3) is 21.8 Å². The zero-order valence-electron chi connectivity index (χ0n) is 20.3. The topological polar surface area (TPSA) is 94.5 Å². The molecular formula is C27H31FN2O5. The molecule has 35 heavy (non-hydrogen) atoms. The van der Waals surface area contributed by atoms with Crippen molar-refractivity contribution in [1.82, 2.24) is 9.88 Å². The summed E-state index contributed by atoms with van der Waals surface area (Å²) in [7, 11) is 0. The van der Waals surface area contributed by atoms with E-state index in [1.807, 2.05) is 55.5 Å². The molecule has 1 unspecified atom stereocenters. The lowest BCUT2D eigenvalue weighted by atomic mass is 9.90. The highest BCUT2D eigenvalue weighted by atomic mass is 19.1. The van der Waals surface area contributed by atoms with E-state index < -0.39 is 42.7 Å². The van der Waals surface area contributed by atoms with Gasteiger partial charge in [0.2, 0.25) is 11.8 Å². The number of nitrogens with one attached hydrogen (secondary N) is 1. The maximum atomic E-state index is 13.5. The number of fused-ring (bicyclic) bond motifs is 3. The second kappa shape index (κ2) is 11.7. The van der Waals surface area contributed by atoms with Gasteiger partial charge in [-0.25, -0.2) is 4.39 Å². The first-order chi connectivity index (χ1) is 16.8. The van der Waals surface area contributed by atoms with E-state index in [1.54, 1.807) is 18.4 Å². The van der Waals surface area contributed by atoms with Gasteiger partial charge in [0.05, 0.1) is 24.1 Å². The number of hydrogen-bond acceptors (Lipinski definition) is 5. The predicted octanol–water partition coefficient (Wildman–Crippen LogP) is 4.46. The maximum absolute atomic E-state index is 13.5. The minimum Gasteiger partial charge on any atom is -0.466 e. The van der Waals surface area contributed by atoms with Gasteiger partial charge in [0.15, 0.2) is 5.78 Å². The van der Waals surface area contributed by atoms with Crippen LogP contribution in [0, 0.1) is 11.8 Å². The standard InChI is InChI=1S/C27H31FN2O5/c1-4-13-35-26(33)15-21(24(31)16-28)29-27(34)20(17(2)3)14-25(32)30-22-11-7-5-9-18(22)19-10-6-8-12-23(19)30/h5-12,17,20-21H,4,13-16H2,1-3H3,(H,29,34)/t20-,21?/m0/s1. The van der Waals surface area contributed by atoms with E-state index in [0.717, 1.165) is 21.8 Å². The molecule has 7 nitrogen and oxygen atoms in total. The molecule has 3 aromatic rings. The van der Waals surface area contributed by atoms with Crippen LogP contribution in [0.15, 0.2) is 48.5 Å². The number of ether oxygens (including phenoxy) is 1. The van der Waals surface area contributed by atoms with Crippen LogP contribution in [-0.2, 0) is 19.1 Å². The fraction of sp³-hybridized carbons (Fsp3) is 0.407. The number of rotatable bonds is 11. The summed E-state index contributed by atoms with van der Waals surface area (Å²) in [6.45, 7) is 4.26. The largest absolute Gasteiger partial charge is 0.466 e. The number of carbonyl (C=O) groups excluding carboxylic acids is 4. The second-order valence-corrected chi connectivity index (χ2v) is 8.90. The molecule has 0 aliphatic heterocycles. The summed E-state index contributed by atoms with van der Waals surface area (Å²) in [4.78, 5) is 50.7. The lowest BCUT2D eigenvalue weighted by molar-refractivity contribution is -0.146. The molecule has 2 aromatic carbocycles. The fourth-order valence-electron chi connectivity index (χ4n) is 4.16. The molecule has 1 aromatic heterocycles. The summed E-state index contributed by atoms with van der Waals surface area (Å²) < 4.78 is 19.7. The Balaban J connectivity index is 1.84. The molecule has 2 atom stereocenters. The van der Waals surface area contributed by atoms with Gasteiger partial charge in [-0.3, -0.25) is 23.7 Å². The monoisotopic (exact) mass is 482 g/mol. The number of para-hydroxylation sites is 2. The van der Waals surface area contributed by atoms with Crippen molar-refractivity contribution >= 4 is 45.4 Å². The molecule has 0 radical (unpaired) electrons. The predicted molar refractivity (Wildman–Crippen MR) is 132 cm³/mol. The first-order valence-electron chi connectivity index (χ1n) is 11.8. The molecule has 3 rings (SSSR count). The molecule has 0 aliphatic rings. The van der Waals surface area contributed by atoms with Gasteiger partial charge in [-0.2, -0.15) is 0 Å². The number of benzene rings is 2. The quantitative estimate of drug-likeness (QED) is 0.407. The average Bonchev–Trinajstić information content (AvgIpc) is 3.19. The Kier molecular flexibility index (Phi) is 8.73. The molecule has 186 valence electrons. The highest BCUT2D eigenvalue weighted by Gasteiger charge is 2.31. The van der Waals surface area contributed by atoms with Gasteiger partial charge < -0.3 is 10.1 Å². The molecule has 0 fully saturated rings. The number of nitrogens with zero attached hydrogens (tertiary/aromatic N) is 1. The summed E-state index contributed by atoms with van der Waals surface area (Å²) >= 11 is 0. The van der Waals surface area contributed by atoms with Crippen LogP contribution in [-0.4, -0.2) is 47.5 Å². The number of aromatic nitrogens is 1. The molecule has 1 amide bonds. The zero-order valence-corrected chi connectivity index (χ0v) is 20.3. The summed E-state index contributed by atoms with van der Waals surface area (Å²) in [5, 5.41) is 4.35. The third-order valence-electron chi connectivity index (χ3n) is 6.04. The van der Waals surface area contributed by atoms with Gasteiger partial charge in [0.25, 0.3) is 0 Å². The lowest BCUT2D eigenvalue weighted by Gasteiger charge is -2.23. The van der Waals surface area contributed by atoms with Gasteiger partial charge in [-0.05, 0) is 24.5 Å². The summed E-state index contributed by atoms with van der Waals surface area (Å²) in [5.74, 6) is -3.50. The van der Waals surface area contributed by atoms with E-state index in [1.165, 1.54) is 0 Å². The van der Waals surface area contributed by atoms with Gasteiger partial charge in [-0.1, -0.05) is 57.2 Å². The molecule has 0 saturated heterocycles. The van der Waals surface area contributed by atoms with E-state index in [2.05, 4.69) is 5.32 Å². The van der Waals surface area contributed by atoms with Crippen LogP contribution >= 0.6 is 0 Å². The van der Waals surface area contributed by atoms with Gasteiger partial charge >= 0.3 is 5.97 Å². The van der Waals surface area contributed by atoms with Crippen molar-refractivity contribution in [2.45, 2.75) is 46.1 Å². The Hall–Kier alpha value is -3.55. The van der Waals surface area contributed by atoms with E-state index in [4.69, 9.17) is 4.74 Å². The van der Waals surface area contributed by atoms with Crippen molar-refractivity contribution in [2.75, 3.05) is 13.3 Å². The maximum Gasteiger partial charge on any atom is 0.308 e. The number of halogens is 1. The molecule has 0 saturated carbocycles. The first-order valence-corrected chi connectivity index (χ1v) is 11.8. The number of esters is 1. The lowest BCUT2D eigenvalue weighted by Crippen LogP contribution is -2.47. The smallest absolute Gasteiger partial charge is 0.308 e. The number of alkyl halides is 1. The number of Topliss-reactive ketones (excluding diaryl/α,β-unsaturated/α-hetero) is 1. The summed E-state index contributed by atoms with van der Waals surface area (Å²) in [5.41, 5.74) is 1.48. The van der Waals surface area contributed by atoms with E-state index in [0.29, 0.717) is 6.42 Å². The molecule has 1 heterocycles. The third kappa shape index (κ3) is 5.93. The molecule has 1 N–H and O–H groups in total. The van der Waals surface area contributed by atoms with Crippen LogP contribution in [0.4, 0.5) is 4.39 Å². The number of amides is 1. The van der Waals surface area contributed by atoms with Crippen LogP contribution in [0.1, 0.15) is 44.8 Å². The normalized spacial score (nSPS) is 13.1. The zero-order chi connectivity index (χ0) is 25.5. The minimum atomic E-state index is -1.35. The molecule has 0 aliphatic carbocycles. The fourth-order valence-corrected chi connectivity index (χ4v) is 4.16. The Morgan fingerprint density at radius 2 is 1.51 bits per heavy atom. The number of carbonyl (C=O) groups is 4. The Bertz CT molecular complexity index is 1180. The van der Waals surface area contributed by atoms with Crippen LogP contribution in [0.2, 0.25) is 0 Å². The Labute approximate surface area is 203 Å². The molecule has 0 spiro atoms. The summed E-state index contributed by atoms with van der Waals surface area (Å²) in [6, 6.07) is 13.8. The number of hydrogen-bond donors (Lipinski definition) is 1.